The van der Waals surface area contributed by atoms with Crippen LogP contribution in [0, 0.1) is 0 Å². The largest absolute Gasteiger partial charge is 0.342 e. The Morgan fingerprint density at radius 3 is 2.89 bits per heavy atom. The van der Waals surface area contributed by atoms with Crippen molar-refractivity contribution in [1.29, 1.82) is 0 Å². The lowest BCUT2D eigenvalue weighted by Crippen LogP contribution is -2.27. The van der Waals surface area contributed by atoms with Crippen LogP contribution in [0.3, 0.4) is 0 Å². The summed E-state index contributed by atoms with van der Waals surface area (Å²) in [5.41, 5.74) is 0.118. The van der Waals surface area contributed by atoms with Crippen molar-refractivity contribution in [3.8, 4) is 0 Å². The number of pyridine rings is 1. The molecule has 2 aromatic heterocycles. The van der Waals surface area contributed by atoms with Gasteiger partial charge >= 0.3 is 0 Å². The van der Waals surface area contributed by atoms with Crippen LogP contribution in [0.1, 0.15) is 28.5 Å². The molecule has 1 N–H and O–H groups in total. The van der Waals surface area contributed by atoms with E-state index in [1.807, 2.05) is 12.3 Å². The molecule has 0 radical (unpaired) electrons. The van der Waals surface area contributed by atoms with Gasteiger partial charge in [0.1, 0.15) is 15.9 Å². The Morgan fingerprint density at radius 1 is 1.44 bits per heavy atom. The van der Waals surface area contributed by atoms with Gasteiger partial charge in [-0.05, 0) is 19.1 Å². The lowest BCUT2D eigenvalue weighted by Gasteiger charge is -2.11. The number of nitrogens with one attached hydrogen (secondary N) is 1. The molecule has 0 fully saturated rings. The smallest absolute Gasteiger partial charge is 0.272 e. The van der Waals surface area contributed by atoms with Crippen LogP contribution in [-0.4, -0.2) is 15.9 Å². The monoisotopic (exact) mass is 301 g/mol. The van der Waals surface area contributed by atoms with Crippen LogP contribution in [0.5, 0.6) is 0 Å². The molecule has 2 rings (SSSR count). The minimum absolute atomic E-state index is 0.118. The van der Waals surface area contributed by atoms with Crippen molar-refractivity contribution in [3.05, 3.63) is 44.6 Å². The van der Waals surface area contributed by atoms with E-state index in [0.717, 1.165) is 5.01 Å². The van der Waals surface area contributed by atoms with E-state index < -0.39 is 0 Å². The number of carbonyl (C=O) groups excluding carboxylic acids is 1. The third-order valence-electron chi connectivity index (χ3n) is 2.20. The fourth-order valence-corrected chi connectivity index (χ4v) is 2.34. The number of halogens is 2. The summed E-state index contributed by atoms with van der Waals surface area (Å²) in [5, 5.41) is 5.94. The van der Waals surface area contributed by atoms with Crippen LogP contribution in [0.15, 0.2) is 23.7 Å². The average molecular weight is 302 g/mol. The highest BCUT2D eigenvalue weighted by Crippen LogP contribution is 2.19. The van der Waals surface area contributed by atoms with E-state index in [0.29, 0.717) is 0 Å². The zero-order chi connectivity index (χ0) is 13.1. The Kier molecular flexibility index (Phi) is 4.16. The molecule has 94 valence electrons. The Balaban J connectivity index is 2.15. The number of aromatic nitrogens is 2. The van der Waals surface area contributed by atoms with E-state index >= 15 is 0 Å². The van der Waals surface area contributed by atoms with Crippen molar-refractivity contribution in [3.63, 3.8) is 0 Å². The molecule has 0 aliphatic rings. The average Bonchev–Trinajstić information content (AvgIpc) is 2.85. The minimum Gasteiger partial charge on any atom is -0.342 e. The van der Waals surface area contributed by atoms with Crippen molar-refractivity contribution in [1.82, 2.24) is 15.3 Å². The number of thiazole rings is 1. The van der Waals surface area contributed by atoms with Crippen LogP contribution in [0.25, 0.3) is 0 Å². The van der Waals surface area contributed by atoms with E-state index in [1.165, 1.54) is 17.4 Å². The van der Waals surface area contributed by atoms with Crippen LogP contribution < -0.4 is 5.32 Å². The topological polar surface area (TPSA) is 54.9 Å². The molecule has 0 saturated carbocycles. The fourth-order valence-electron chi connectivity index (χ4n) is 1.35. The van der Waals surface area contributed by atoms with Gasteiger partial charge in [0.05, 0.1) is 11.1 Å². The first-order valence-electron chi connectivity index (χ1n) is 5.10. The summed E-state index contributed by atoms with van der Waals surface area (Å²) in [6, 6.07) is 2.87. The molecule has 18 heavy (non-hydrogen) atoms. The predicted octanol–water partition coefficient (Wildman–Crippen LogP) is 3.34. The summed E-state index contributed by atoms with van der Waals surface area (Å²) in [6.07, 6.45) is 1.69. The van der Waals surface area contributed by atoms with E-state index in [4.69, 9.17) is 23.2 Å². The van der Waals surface area contributed by atoms with Crippen LogP contribution in [0.2, 0.25) is 10.2 Å². The van der Waals surface area contributed by atoms with E-state index in [9.17, 15) is 4.79 Å². The highest BCUT2D eigenvalue weighted by Gasteiger charge is 2.17. The molecule has 1 atom stereocenters. The van der Waals surface area contributed by atoms with Gasteiger partial charge < -0.3 is 5.32 Å². The first kappa shape index (κ1) is 13.3. The Hall–Kier alpha value is -1.17. The molecule has 0 aliphatic heterocycles. The second-order valence-electron chi connectivity index (χ2n) is 3.53. The normalized spacial score (nSPS) is 12.2. The first-order chi connectivity index (χ1) is 8.58. The summed E-state index contributed by atoms with van der Waals surface area (Å²) < 4.78 is 0. The van der Waals surface area contributed by atoms with Crippen LogP contribution in [-0.2, 0) is 0 Å². The van der Waals surface area contributed by atoms with Gasteiger partial charge in [-0.1, -0.05) is 23.2 Å². The molecule has 0 bridgehead atoms. The van der Waals surface area contributed by atoms with Gasteiger partial charge in [-0.15, -0.1) is 11.3 Å². The second kappa shape index (κ2) is 5.65. The molecule has 1 unspecified atom stereocenters. The molecular formula is C11H9Cl2N3OS. The standard InChI is InChI=1S/C11H9Cl2N3OS/c1-6(11-14-4-5-18-11)15-10(17)9-7(12)2-3-8(13)16-9/h2-6H,1H3,(H,15,17). The number of amides is 1. The SMILES string of the molecule is CC(NC(=O)c1nc(Cl)ccc1Cl)c1nccs1. The number of carbonyl (C=O) groups is 1. The molecule has 0 saturated heterocycles. The van der Waals surface area contributed by atoms with Gasteiger partial charge in [0, 0.05) is 11.6 Å². The molecule has 2 aromatic rings. The molecule has 0 aliphatic carbocycles. The summed E-state index contributed by atoms with van der Waals surface area (Å²) in [6.45, 7) is 1.84. The van der Waals surface area contributed by atoms with Crippen LogP contribution in [0.4, 0.5) is 0 Å². The Morgan fingerprint density at radius 2 is 2.22 bits per heavy atom. The van der Waals surface area contributed by atoms with Gasteiger partial charge in [-0.2, -0.15) is 0 Å². The number of nitrogens with zero attached hydrogens (tertiary/aromatic N) is 2. The fraction of sp³-hybridized carbons (Fsp3) is 0.182. The summed E-state index contributed by atoms with van der Waals surface area (Å²) in [4.78, 5) is 20.0. The highest BCUT2D eigenvalue weighted by molar-refractivity contribution is 7.09. The minimum atomic E-state index is -0.370. The summed E-state index contributed by atoms with van der Waals surface area (Å²) in [5.74, 6) is -0.370. The van der Waals surface area contributed by atoms with Gasteiger partial charge in [0.15, 0.2) is 0 Å². The molecule has 0 spiro atoms. The zero-order valence-corrected chi connectivity index (χ0v) is 11.7. The zero-order valence-electron chi connectivity index (χ0n) is 9.35. The number of rotatable bonds is 3. The first-order valence-corrected chi connectivity index (χ1v) is 6.74. The lowest BCUT2D eigenvalue weighted by molar-refractivity contribution is 0.0935. The lowest BCUT2D eigenvalue weighted by atomic mass is 10.3. The van der Waals surface area contributed by atoms with E-state index in [-0.39, 0.29) is 27.8 Å². The summed E-state index contributed by atoms with van der Waals surface area (Å²) >= 11 is 13.1. The third kappa shape index (κ3) is 2.98. The van der Waals surface area contributed by atoms with E-state index in [2.05, 4.69) is 15.3 Å². The maximum Gasteiger partial charge on any atom is 0.272 e. The number of hydrogen-bond acceptors (Lipinski definition) is 4. The maximum absolute atomic E-state index is 12.0. The van der Waals surface area contributed by atoms with Crippen LogP contribution >= 0.6 is 34.5 Å². The molecule has 7 heteroatoms. The van der Waals surface area contributed by atoms with Crippen molar-refractivity contribution in [2.24, 2.45) is 0 Å². The van der Waals surface area contributed by atoms with Gasteiger partial charge in [0.2, 0.25) is 0 Å². The van der Waals surface area contributed by atoms with Crippen molar-refractivity contribution >= 4 is 40.4 Å². The molecule has 2 heterocycles. The van der Waals surface area contributed by atoms with Gasteiger partial charge in [0.25, 0.3) is 5.91 Å². The Bertz CT molecular complexity index is 559. The van der Waals surface area contributed by atoms with Gasteiger partial charge in [-0.3, -0.25) is 4.79 Å². The molecular weight excluding hydrogens is 293 g/mol. The Labute approximate surface area is 118 Å². The van der Waals surface area contributed by atoms with Crippen molar-refractivity contribution in [2.45, 2.75) is 13.0 Å². The quantitative estimate of drug-likeness (QED) is 0.885. The second-order valence-corrected chi connectivity index (χ2v) is 5.25. The summed E-state index contributed by atoms with van der Waals surface area (Å²) in [7, 11) is 0. The molecule has 4 nitrogen and oxygen atoms in total. The van der Waals surface area contributed by atoms with Crippen molar-refractivity contribution < 1.29 is 4.79 Å². The maximum atomic E-state index is 12.0. The van der Waals surface area contributed by atoms with Gasteiger partial charge in [-0.25, -0.2) is 9.97 Å². The molecule has 1 amide bonds. The third-order valence-corrected chi connectivity index (χ3v) is 3.67. The molecule has 0 aromatic carbocycles. The number of hydrogen-bond donors (Lipinski definition) is 1. The van der Waals surface area contributed by atoms with E-state index in [1.54, 1.807) is 12.3 Å². The van der Waals surface area contributed by atoms with Crippen molar-refractivity contribution in [2.75, 3.05) is 0 Å². The highest BCUT2D eigenvalue weighted by atomic mass is 35.5. The predicted molar refractivity (Wildman–Crippen MR) is 72.3 cm³/mol.